The first kappa shape index (κ1) is 21.1. The molecule has 0 spiro atoms. The van der Waals surface area contributed by atoms with Gasteiger partial charge in [0.1, 0.15) is 18.2 Å². The smallest absolute Gasteiger partial charge is 0.216 e. The number of hydrogen-bond acceptors (Lipinski definition) is 1. The van der Waals surface area contributed by atoms with E-state index in [2.05, 4.69) is 69.3 Å². The van der Waals surface area contributed by atoms with Crippen LogP contribution in [-0.2, 0) is 19.9 Å². The van der Waals surface area contributed by atoms with Gasteiger partial charge in [0.05, 0.1) is 5.56 Å². The largest absolute Gasteiger partial charge is 0.454 e. The summed E-state index contributed by atoms with van der Waals surface area (Å²) in [6, 6.07) is 19.5. The number of fused-ring (bicyclic) bond motifs is 4. The van der Waals surface area contributed by atoms with Crippen LogP contribution in [0.25, 0.3) is 44.3 Å². The van der Waals surface area contributed by atoms with Crippen LogP contribution in [0.3, 0.4) is 0 Å². The van der Waals surface area contributed by atoms with Gasteiger partial charge >= 0.3 is 0 Å². The Morgan fingerprint density at radius 2 is 1.62 bits per heavy atom. The standard InChI is InChI=1S/C31H29FNO/c1-18-9-12-25-24-8-6-7-23(20-10-11-21-15-31(3,4)16-22(21)14-20)29(24)34-30(25)28(18)27-13-19(2)26(32)17-33(27)5/h6-14,17H,15-16H2,1-5H3/q+1. The van der Waals surface area contributed by atoms with E-state index in [1.807, 2.05) is 17.7 Å². The average Bonchev–Trinajstić information content (AvgIpc) is 3.31. The molecule has 0 bridgehead atoms. The van der Waals surface area contributed by atoms with Crippen molar-refractivity contribution in [2.45, 2.75) is 40.5 Å². The first-order chi connectivity index (χ1) is 16.2. The van der Waals surface area contributed by atoms with Gasteiger partial charge < -0.3 is 4.42 Å². The maximum absolute atomic E-state index is 14.2. The van der Waals surface area contributed by atoms with E-state index in [4.69, 9.17) is 4.42 Å². The van der Waals surface area contributed by atoms with Crippen LogP contribution in [0.5, 0.6) is 0 Å². The molecule has 1 aliphatic carbocycles. The Bertz CT molecular complexity index is 1620. The Kier molecular flexibility index (Phi) is 4.51. The van der Waals surface area contributed by atoms with Gasteiger partial charge in [-0.1, -0.05) is 62.4 Å². The highest BCUT2D eigenvalue weighted by molar-refractivity contribution is 6.13. The normalized spacial score (nSPS) is 14.8. The molecule has 1 aliphatic rings. The van der Waals surface area contributed by atoms with Crippen molar-refractivity contribution in [3.63, 3.8) is 0 Å². The second-order valence-electron chi connectivity index (χ2n) is 10.7. The van der Waals surface area contributed by atoms with Gasteiger partial charge in [0.2, 0.25) is 11.9 Å². The molecule has 170 valence electrons. The number of aromatic nitrogens is 1. The lowest BCUT2D eigenvalue weighted by Crippen LogP contribution is -2.31. The minimum absolute atomic E-state index is 0.206. The van der Waals surface area contributed by atoms with Crippen LogP contribution in [0.2, 0.25) is 0 Å². The van der Waals surface area contributed by atoms with E-state index in [9.17, 15) is 4.39 Å². The summed E-state index contributed by atoms with van der Waals surface area (Å²) in [6.45, 7) is 8.57. The van der Waals surface area contributed by atoms with E-state index in [1.165, 1.54) is 16.7 Å². The van der Waals surface area contributed by atoms with Crippen molar-refractivity contribution in [3.05, 3.63) is 88.9 Å². The Morgan fingerprint density at radius 1 is 0.853 bits per heavy atom. The van der Waals surface area contributed by atoms with Crippen molar-refractivity contribution < 1.29 is 13.4 Å². The van der Waals surface area contributed by atoms with E-state index < -0.39 is 0 Å². The zero-order valence-electron chi connectivity index (χ0n) is 20.4. The van der Waals surface area contributed by atoms with E-state index in [0.29, 0.717) is 11.0 Å². The predicted octanol–water partition coefficient (Wildman–Crippen LogP) is 7.63. The van der Waals surface area contributed by atoms with Gasteiger partial charge in [-0.3, -0.25) is 0 Å². The van der Waals surface area contributed by atoms with E-state index in [0.717, 1.165) is 57.2 Å². The third kappa shape index (κ3) is 3.18. The summed E-state index contributed by atoms with van der Waals surface area (Å²) in [5.74, 6) is -0.206. The molecule has 34 heavy (non-hydrogen) atoms. The molecule has 0 atom stereocenters. The van der Waals surface area contributed by atoms with Crippen molar-refractivity contribution in [1.29, 1.82) is 0 Å². The lowest BCUT2D eigenvalue weighted by atomic mass is 9.90. The number of rotatable bonds is 2. The van der Waals surface area contributed by atoms with E-state index in [1.54, 1.807) is 13.1 Å². The van der Waals surface area contributed by atoms with Gasteiger partial charge in [-0.05, 0) is 59.9 Å². The Hall–Kier alpha value is -3.46. The summed E-state index contributed by atoms with van der Waals surface area (Å²) in [5, 5.41) is 2.19. The Balaban J connectivity index is 1.60. The molecular formula is C31H29FNO+. The van der Waals surface area contributed by atoms with Crippen LogP contribution in [0.4, 0.5) is 4.39 Å². The quantitative estimate of drug-likeness (QED) is 0.253. The maximum atomic E-state index is 14.2. The average molecular weight is 451 g/mol. The molecule has 6 rings (SSSR count). The predicted molar refractivity (Wildman–Crippen MR) is 136 cm³/mol. The molecule has 3 aromatic carbocycles. The Morgan fingerprint density at radius 3 is 2.44 bits per heavy atom. The highest BCUT2D eigenvalue weighted by atomic mass is 19.1. The fourth-order valence-electron chi connectivity index (χ4n) is 5.70. The minimum atomic E-state index is -0.206. The molecule has 0 aliphatic heterocycles. The van der Waals surface area contributed by atoms with Crippen LogP contribution in [0.15, 0.2) is 65.2 Å². The van der Waals surface area contributed by atoms with E-state index >= 15 is 0 Å². The number of halogens is 1. The number of pyridine rings is 1. The van der Waals surface area contributed by atoms with Gasteiger partial charge in [-0.25, -0.2) is 4.39 Å². The van der Waals surface area contributed by atoms with Crippen molar-refractivity contribution in [2.75, 3.05) is 0 Å². The van der Waals surface area contributed by atoms with E-state index in [-0.39, 0.29) is 5.82 Å². The lowest BCUT2D eigenvalue weighted by molar-refractivity contribution is -0.662. The SMILES string of the molecule is Cc1cc(-c2c(C)ccc3c2oc2c(-c4ccc5c(c4)CC(C)(C)C5)cccc23)[n+](C)cc1F. The third-order valence-electron chi connectivity index (χ3n) is 7.40. The third-order valence-corrected chi connectivity index (χ3v) is 7.40. The van der Waals surface area contributed by atoms with Gasteiger partial charge in [0.25, 0.3) is 0 Å². The number of benzene rings is 3. The number of furan rings is 1. The minimum Gasteiger partial charge on any atom is -0.454 e. The second-order valence-corrected chi connectivity index (χ2v) is 10.7. The van der Waals surface area contributed by atoms with Crippen LogP contribution >= 0.6 is 0 Å². The lowest BCUT2D eigenvalue weighted by Gasteiger charge is -2.14. The molecule has 0 unspecified atom stereocenters. The molecule has 0 amide bonds. The van der Waals surface area contributed by atoms with Gasteiger partial charge in [-0.2, -0.15) is 4.57 Å². The summed E-state index contributed by atoms with van der Waals surface area (Å²) in [4.78, 5) is 0. The molecule has 0 saturated carbocycles. The van der Waals surface area contributed by atoms with Crippen LogP contribution in [0.1, 0.15) is 36.1 Å². The number of para-hydroxylation sites is 1. The molecule has 2 aromatic heterocycles. The summed E-state index contributed by atoms with van der Waals surface area (Å²) in [7, 11) is 1.89. The van der Waals surface area contributed by atoms with Gasteiger partial charge in [0, 0.05) is 22.4 Å². The molecule has 3 heteroatoms. The van der Waals surface area contributed by atoms with Gasteiger partial charge in [-0.15, -0.1) is 0 Å². The molecule has 2 nitrogen and oxygen atoms in total. The fourth-order valence-corrected chi connectivity index (χ4v) is 5.70. The number of nitrogens with zero attached hydrogens (tertiary/aromatic N) is 1. The summed E-state index contributed by atoms with van der Waals surface area (Å²) in [5.41, 5.74) is 11.0. The van der Waals surface area contributed by atoms with Crippen molar-refractivity contribution in [1.82, 2.24) is 0 Å². The molecule has 0 fully saturated rings. The maximum Gasteiger partial charge on any atom is 0.216 e. The second kappa shape index (κ2) is 7.27. The van der Waals surface area contributed by atoms with Crippen molar-refractivity contribution in [3.8, 4) is 22.4 Å². The summed E-state index contributed by atoms with van der Waals surface area (Å²) >= 11 is 0. The monoisotopic (exact) mass is 450 g/mol. The van der Waals surface area contributed by atoms with Crippen LogP contribution in [-0.4, -0.2) is 0 Å². The summed E-state index contributed by atoms with van der Waals surface area (Å²) in [6.07, 6.45) is 3.79. The highest BCUT2D eigenvalue weighted by Crippen LogP contribution is 2.42. The highest BCUT2D eigenvalue weighted by Gasteiger charge is 2.29. The van der Waals surface area contributed by atoms with Crippen molar-refractivity contribution >= 4 is 21.9 Å². The molecule has 5 aromatic rings. The zero-order chi connectivity index (χ0) is 23.8. The molecule has 0 N–H and O–H groups in total. The van der Waals surface area contributed by atoms with Crippen molar-refractivity contribution in [2.24, 2.45) is 12.5 Å². The summed E-state index contributed by atoms with van der Waals surface area (Å²) < 4.78 is 22.7. The number of aryl methyl sites for hydroxylation is 3. The first-order valence-electron chi connectivity index (χ1n) is 11.9. The number of hydrogen-bond donors (Lipinski definition) is 0. The van der Waals surface area contributed by atoms with Crippen LogP contribution in [0, 0.1) is 25.1 Å². The first-order valence-corrected chi connectivity index (χ1v) is 11.9. The zero-order valence-corrected chi connectivity index (χ0v) is 20.4. The van der Waals surface area contributed by atoms with Crippen LogP contribution < -0.4 is 4.57 Å². The van der Waals surface area contributed by atoms with Gasteiger partial charge in [0.15, 0.2) is 5.82 Å². The Labute approximate surface area is 199 Å². The molecule has 2 heterocycles. The fraction of sp³-hybridized carbons (Fsp3) is 0.258. The topological polar surface area (TPSA) is 17.0 Å². The molecule has 0 saturated heterocycles. The molecule has 0 radical (unpaired) electrons. The molecular weight excluding hydrogens is 421 g/mol.